The van der Waals surface area contributed by atoms with E-state index in [0.29, 0.717) is 5.41 Å². The van der Waals surface area contributed by atoms with Crippen molar-refractivity contribution in [2.75, 3.05) is 0 Å². The monoisotopic (exact) mass is 282 g/mol. The highest BCUT2D eigenvalue weighted by molar-refractivity contribution is 4.78. The van der Waals surface area contributed by atoms with Crippen LogP contribution in [0, 0.1) is 5.41 Å². The van der Waals surface area contributed by atoms with Crippen LogP contribution < -0.4 is 0 Å². The van der Waals surface area contributed by atoms with Gasteiger partial charge < -0.3 is 0 Å². The van der Waals surface area contributed by atoms with Gasteiger partial charge in [0.15, 0.2) is 0 Å². The Bertz CT molecular complexity index is 184. The second-order valence-electron chi connectivity index (χ2n) is 6.93. The van der Waals surface area contributed by atoms with Crippen LogP contribution in [0.15, 0.2) is 0 Å². The first kappa shape index (κ1) is 20.0. The summed E-state index contributed by atoms with van der Waals surface area (Å²) in [5, 5.41) is 0. The van der Waals surface area contributed by atoms with Gasteiger partial charge in [0, 0.05) is 0 Å². The minimum atomic E-state index is 0.690. The Morgan fingerprint density at radius 2 is 0.850 bits per heavy atom. The van der Waals surface area contributed by atoms with Crippen molar-refractivity contribution in [1.82, 2.24) is 0 Å². The quantitative estimate of drug-likeness (QED) is 0.268. The summed E-state index contributed by atoms with van der Waals surface area (Å²) in [6.45, 7) is 9.42. The molecule has 0 aliphatic heterocycles. The first-order chi connectivity index (χ1) is 9.74. The van der Waals surface area contributed by atoms with E-state index in [2.05, 4.69) is 27.7 Å². The van der Waals surface area contributed by atoms with Gasteiger partial charge in [0.1, 0.15) is 0 Å². The topological polar surface area (TPSA) is 0 Å². The summed E-state index contributed by atoms with van der Waals surface area (Å²) >= 11 is 0. The van der Waals surface area contributed by atoms with Crippen LogP contribution in [0.25, 0.3) is 0 Å². The number of unbranched alkanes of at least 4 members (excludes halogenated alkanes) is 8. The third-order valence-electron chi connectivity index (χ3n) is 5.18. The summed E-state index contributed by atoms with van der Waals surface area (Å²) in [7, 11) is 0. The van der Waals surface area contributed by atoms with Gasteiger partial charge in [-0.1, -0.05) is 105 Å². The van der Waals surface area contributed by atoms with E-state index in [0.717, 1.165) is 0 Å². The molecule has 0 rings (SSSR count). The summed E-state index contributed by atoms with van der Waals surface area (Å²) < 4.78 is 0. The van der Waals surface area contributed by atoms with E-state index in [4.69, 9.17) is 0 Å². The minimum Gasteiger partial charge on any atom is -0.0654 e. The van der Waals surface area contributed by atoms with Gasteiger partial charge in [-0.25, -0.2) is 0 Å². The molecule has 1 unspecified atom stereocenters. The molecule has 0 heteroatoms. The SMILES string of the molecule is CCCCCCCC(CC)(CCCC)CCCCCC. The van der Waals surface area contributed by atoms with Gasteiger partial charge in [-0.3, -0.25) is 0 Å². The first-order valence-corrected chi connectivity index (χ1v) is 9.74. The Morgan fingerprint density at radius 3 is 1.30 bits per heavy atom. The summed E-state index contributed by atoms with van der Waals surface area (Å²) in [6, 6.07) is 0. The molecule has 0 spiro atoms. The zero-order valence-electron chi connectivity index (χ0n) is 15.1. The van der Waals surface area contributed by atoms with Gasteiger partial charge in [-0.2, -0.15) is 0 Å². The van der Waals surface area contributed by atoms with Crippen molar-refractivity contribution in [2.24, 2.45) is 5.41 Å². The van der Waals surface area contributed by atoms with Crippen molar-refractivity contribution in [3.05, 3.63) is 0 Å². The molecule has 0 nitrogen and oxygen atoms in total. The van der Waals surface area contributed by atoms with Crippen LogP contribution in [-0.2, 0) is 0 Å². The second-order valence-corrected chi connectivity index (χ2v) is 6.93. The summed E-state index contributed by atoms with van der Waals surface area (Å²) in [5.74, 6) is 0. The lowest BCUT2D eigenvalue weighted by Gasteiger charge is -2.33. The molecule has 0 aromatic heterocycles. The largest absolute Gasteiger partial charge is 0.0654 e. The molecule has 0 aromatic rings. The molecule has 0 N–H and O–H groups in total. The lowest BCUT2D eigenvalue weighted by atomic mass is 9.72. The van der Waals surface area contributed by atoms with Crippen LogP contribution in [0.5, 0.6) is 0 Å². The van der Waals surface area contributed by atoms with Crippen molar-refractivity contribution in [2.45, 2.75) is 124 Å². The van der Waals surface area contributed by atoms with E-state index in [9.17, 15) is 0 Å². The second kappa shape index (κ2) is 14.0. The first-order valence-electron chi connectivity index (χ1n) is 9.74. The van der Waals surface area contributed by atoms with Crippen molar-refractivity contribution in [3.63, 3.8) is 0 Å². The van der Waals surface area contributed by atoms with Crippen LogP contribution >= 0.6 is 0 Å². The van der Waals surface area contributed by atoms with Crippen LogP contribution in [-0.4, -0.2) is 0 Å². The molecule has 0 radical (unpaired) electrons. The van der Waals surface area contributed by atoms with Crippen LogP contribution in [0.1, 0.15) is 124 Å². The van der Waals surface area contributed by atoms with E-state index in [-0.39, 0.29) is 0 Å². The van der Waals surface area contributed by atoms with Crippen LogP contribution in [0.2, 0.25) is 0 Å². The summed E-state index contributed by atoms with van der Waals surface area (Å²) in [4.78, 5) is 0. The summed E-state index contributed by atoms with van der Waals surface area (Å²) in [6.07, 6.45) is 21.6. The Kier molecular flexibility index (Phi) is 14.0. The van der Waals surface area contributed by atoms with E-state index < -0.39 is 0 Å². The molecule has 0 aromatic carbocycles. The molecule has 0 aliphatic rings. The lowest BCUT2D eigenvalue weighted by Crippen LogP contribution is -2.20. The van der Waals surface area contributed by atoms with Gasteiger partial charge in [-0.05, 0) is 24.7 Å². The standard InChI is InChI=1S/C20H42/c1-5-9-12-14-16-19-20(8-4,17-11-7-3)18-15-13-10-6-2/h5-19H2,1-4H3. The van der Waals surface area contributed by atoms with Crippen molar-refractivity contribution in [1.29, 1.82) is 0 Å². The molecule has 0 fully saturated rings. The zero-order chi connectivity index (χ0) is 15.1. The Morgan fingerprint density at radius 1 is 0.450 bits per heavy atom. The Labute approximate surface area is 130 Å². The molecule has 0 saturated carbocycles. The number of hydrogen-bond acceptors (Lipinski definition) is 0. The zero-order valence-corrected chi connectivity index (χ0v) is 15.1. The van der Waals surface area contributed by atoms with Gasteiger partial charge in [0.2, 0.25) is 0 Å². The molecular formula is C20H42. The Balaban J connectivity index is 4.12. The highest BCUT2D eigenvalue weighted by Gasteiger charge is 2.26. The molecule has 0 aliphatic carbocycles. The minimum absolute atomic E-state index is 0.690. The van der Waals surface area contributed by atoms with Crippen molar-refractivity contribution >= 4 is 0 Å². The third kappa shape index (κ3) is 9.83. The maximum atomic E-state index is 2.45. The fraction of sp³-hybridized carbons (Fsp3) is 1.00. The number of rotatable bonds is 15. The predicted octanol–water partition coefficient (Wildman–Crippen LogP) is 7.90. The van der Waals surface area contributed by atoms with E-state index in [1.54, 1.807) is 0 Å². The normalized spacial score (nSPS) is 14.4. The van der Waals surface area contributed by atoms with Crippen molar-refractivity contribution < 1.29 is 0 Å². The van der Waals surface area contributed by atoms with E-state index in [1.165, 1.54) is 96.3 Å². The van der Waals surface area contributed by atoms with Gasteiger partial charge >= 0.3 is 0 Å². The lowest BCUT2D eigenvalue weighted by molar-refractivity contribution is 0.188. The molecular weight excluding hydrogens is 240 g/mol. The van der Waals surface area contributed by atoms with E-state index in [1.807, 2.05) is 0 Å². The molecule has 1 atom stereocenters. The third-order valence-corrected chi connectivity index (χ3v) is 5.18. The smallest absolute Gasteiger partial charge is 0.0300 e. The average Bonchev–Trinajstić information content (AvgIpc) is 2.48. The summed E-state index contributed by atoms with van der Waals surface area (Å²) in [5.41, 5.74) is 0.690. The maximum Gasteiger partial charge on any atom is -0.0300 e. The van der Waals surface area contributed by atoms with Crippen molar-refractivity contribution in [3.8, 4) is 0 Å². The Hall–Kier alpha value is 0. The molecule has 0 bridgehead atoms. The van der Waals surface area contributed by atoms with Crippen LogP contribution in [0.3, 0.4) is 0 Å². The average molecular weight is 283 g/mol. The molecule has 0 saturated heterocycles. The van der Waals surface area contributed by atoms with Gasteiger partial charge in [0.05, 0.1) is 0 Å². The molecule has 122 valence electrons. The fourth-order valence-electron chi connectivity index (χ4n) is 3.49. The van der Waals surface area contributed by atoms with E-state index >= 15 is 0 Å². The predicted molar refractivity (Wildman–Crippen MR) is 94.4 cm³/mol. The van der Waals surface area contributed by atoms with Crippen LogP contribution in [0.4, 0.5) is 0 Å². The fourth-order valence-corrected chi connectivity index (χ4v) is 3.49. The maximum absolute atomic E-state index is 2.45. The number of hydrogen-bond donors (Lipinski definition) is 0. The highest BCUT2D eigenvalue weighted by atomic mass is 14.3. The van der Waals surface area contributed by atoms with Gasteiger partial charge in [0.25, 0.3) is 0 Å². The highest BCUT2D eigenvalue weighted by Crippen LogP contribution is 2.40. The molecule has 20 heavy (non-hydrogen) atoms. The molecule has 0 amide bonds. The van der Waals surface area contributed by atoms with Gasteiger partial charge in [-0.15, -0.1) is 0 Å². The molecule has 0 heterocycles.